The first-order valence-corrected chi connectivity index (χ1v) is 7.09. The molecule has 1 saturated heterocycles. The zero-order valence-corrected chi connectivity index (χ0v) is 12.7. The van der Waals surface area contributed by atoms with E-state index >= 15 is 0 Å². The van der Waals surface area contributed by atoms with E-state index in [1.165, 1.54) is 0 Å². The van der Waals surface area contributed by atoms with Crippen LogP contribution in [-0.4, -0.2) is 42.9 Å². The van der Waals surface area contributed by atoms with Gasteiger partial charge in [0.2, 0.25) is 5.91 Å². The highest BCUT2D eigenvalue weighted by Crippen LogP contribution is 2.23. The molecule has 0 aromatic heterocycles. The second kappa shape index (κ2) is 5.92. The molecule has 3 nitrogen and oxygen atoms in total. The fourth-order valence-electron chi connectivity index (χ4n) is 2.58. The van der Waals surface area contributed by atoms with Crippen LogP contribution in [0.4, 0.5) is 4.39 Å². The lowest BCUT2D eigenvalue weighted by Crippen LogP contribution is -2.52. The highest BCUT2D eigenvalue weighted by molar-refractivity contribution is 5.79. The first-order valence-electron chi connectivity index (χ1n) is 7.09. The SMILES string of the molecule is CC(C)c1cc(F)cc(CN2CC(C(=O)N(C)C)C2)c1. The number of hydrogen-bond acceptors (Lipinski definition) is 2. The van der Waals surface area contributed by atoms with E-state index in [9.17, 15) is 9.18 Å². The number of nitrogens with zero attached hydrogens (tertiary/aromatic N) is 2. The lowest BCUT2D eigenvalue weighted by Gasteiger charge is -2.39. The summed E-state index contributed by atoms with van der Waals surface area (Å²) in [4.78, 5) is 15.6. The molecule has 0 bridgehead atoms. The van der Waals surface area contributed by atoms with Crippen LogP contribution in [0.2, 0.25) is 0 Å². The summed E-state index contributed by atoms with van der Waals surface area (Å²) in [7, 11) is 3.57. The second-order valence-electron chi connectivity index (χ2n) is 6.17. The normalized spacial score (nSPS) is 16.3. The van der Waals surface area contributed by atoms with Gasteiger partial charge in [-0.15, -0.1) is 0 Å². The van der Waals surface area contributed by atoms with Gasteiger partial charge in [-0.3, -0.25) is 9.69 Å². The van der Waals surface area contributed by atoms with E-state index in [1.807, 2.05) is 0 Å². The Hall–Kier alpha value is -1.42. The van der Waals surface area contributed by atoms with Crippen molar-refractivity contribution >= 4 is 5.91 Å². The average molecular weight is 278 g/mol. The lowest BCUT2D eigenvalue weighted by molar-refractivity contribution is -0.138. The van der Waals surface area contributed by atoms with Crippen LogP contribution in [0.1, 0.15) is 30.9 Å². The quantitative estimate of drug-likeness (QED) is 0.844. The maximum absolute atomic E-state index is 13.6. The maximum atomic E-state index is 13.6. The number of benzene rings is 1. The van der Waals surface area contributed by atoms with Crippen LogP contribution in [0, 0.1) is 11.7 Å². The molecule has 1 aliphatic heterocycles. The van der Waals surface area contributed by atoms with Gasteiger partial charge in [-0.05, 0) is 29.2 Å². The number of hydrogen-bond donors (Lipinski definition) is 0. The molecule has 0 aliphatic carbocycles. The van der Waals surface area contributed by atoms with Crippen LogP contribution in [0.5, 0.6) is 0 Å². The van der Waals surface area contributed by atoms with Crippen molar-refractivity contribution in [2.24, 2.45) is 5.92 Å². The van der Waals surface area contributed by atoms with Crippen LogP contribution in [-0.2, 0) is 11.3 Å². The lowest BCUT2D eigenvalue weighted by atomic mass is 9.96. The molecule has 110 valence electrons. The second-order valence-corrected chi connectivity index (χ2v) is 6.17. The Morgan fingerprint density at radius 2 is 2.00 bits per heavy atom. The highest BCUT2D eigenvalue weighted by Gasteiger charge is 2.33. The molecule has 1 heterocycles. The number of amides is 1. The van der Waals surface area contributed by atoms with E-state index in [4.69, 9.17) is 0 Å². The van der Waals surface area contributed by atoms with E-state index < -0.39 is 0 Å². The molecular weight excluding hydrogens is 255 g/mol. The Kier molecular flexibility index (Phi) is 4.43. The highest BCUT2D eigenvalue weighted by atomic mass is 19.1. The van der Waals surface area contributed by atoms with Crippen LogP contribution >= 0.6 is 0 Å². The summed E-state index contributed by atoms with van der Waals surface area (Å²) in [5, 5.41) is 0. The fraction of sp³-hybridized carbons (Fsp3) is 0.562. The molecule has 20 heavy (non-hydrogen) atoms. The maximum Gasteiger partial charge on any atom is 0.227 e. The smallest absolute Gasteiger partial charge is 0.227 e. The van der Waals surface area contributed by atoms with Gasteiger partial charge in [-0.2, -0.15) is 0 Å². The minimum Gasteiger partial charge on any atom is -0.348 e. The number of likely N-dealkylation sites (tertiary alicyclic amines) is 1. The molecule has 0 spiro atoms. The van der Waals surface area contributed by atoms with E-state index in [0.29, 0.717) is 12.5 Å². The molecule has 1 aromatic rings. The number of halogens is 1. The Morgan fingerprint density at radius 3 is 2.55 bits per heavy atom. The molecule has 0 radical (unpaired) electrons. The number of carbonyl (C=O) groups excluding carboxylic acids is 1. The van der Waals surface area contributed by atoms with Crippen molar-refractivity contribution < 1.29 is 9.18 Å². The molecule has 0 saturated carbocycles. The summed E-state index contributed by atoms with van der Waals surface area (Å²) in [6, 6.07) is 5.25. The summed E-state index contributed by atoms with van der Waals surface area (Å²) in [5.74, 6) is 0.433. The molecule has 0 unspecified atom stereocenters. The summed E-state index contributed by atoms with van der Waals surface area (Å²) in [6.45, 7) is 6.38. The summed E-state index contributed by atoms with van der Waals surface area (Å²) in [5.41, 5.74) is 2.02. The van der Waals surface area contributed by atoms with Gasteiger partial charge in [0, 0.05) is 33.7 Å². The van der Waals surface area contributed by atoms with Crippen LogP contribution in [0.15, 0.2) is 18.2 Å². The standard InChI is InChI=1S/C16H23FN2O/c1-11(2)13-5-12(6-15(17)7-13)8-19-9-14(10-19)16(20)18(3)4/h5-7,11,14H,8-10H2,1-4H3. The van der Waals surface area contributed by atoms with Crippen LogP contribution in [0.3, 0.4) is 0 Å². The summed E-state index contributed by atoms with van der Waals surface area (Å²) >= 11 is 0. The van der Waals surface area contributed by atoms with E-state index in [2.05, 4.69) is 24.8 Å². The van der Waals surface area contributed by atoms with Gasteiger partial charge in [0.25, 0.3) is 0 Å². The van der Waals surface area contributed by atoms with Crippen LogP contribution in [0.25, 0.3) is 0 Å². The summed E-state index contributed by atoms with van der Waals surface area (Å²) in [6.07, 6.45) is 0. The van der Waals surface area contributed by atoms with Gasteiger partial charge >= 0.3 is 0 Å². The van der Waals surface area contributed by atoms with Gasteiger partial charge in [0.05, 0.1) is 5.92 Å². The third-order valence-corrected chi connectivity index (χ3v) is 3.80. The molecule has 1 amide bonds. The van der Waals surface area contributed by atoms with Gasteiger partial charge in [-0.25, -0.2) is 4.39 Å². The number of rotatable bonds is 4. The zero-order chi connectivity index (χ0) is 14.9. The monoisotopic (exact) mass is 278 g/mol. The van der Waals surface area contributed by atoms with Gasteiger partial charge in [-0.1, -0.05) is 19.9 Å². The predicted octanol–water partition coefficient (Wildman–Crippen LogP) is 2.47. The largest absolute Gasteiger partial charge is 0.348 e. The van der Waals surface area contributed by atoms with E-state index in [-0.39, 0.29) is 17.6 Å². The third-order valence-electron chi connectivity index (χ3n) is 3.80. The van der Waals surface area contributed by atoms with Crippen molar-refractivity contribution in [3.05, 3.63) is 35.1 Å². The Labute approximate surface area is 120 Å². The van der Waals surface area contributed by atoms with Gasteiger partial charge in [0.1, 0.15) is 5.82 Å². The molecule has 1 fully saturated rings. The fourth-order valence-corrected chi connectivity index (χ4v) is 2.58. The topological polar surface area (TPSA) is 23.6 Å². The minimum absolute atomic E-state index is 0.100. The Bertz CT molecular complexity index is 493. The van der Waals surface area contributed by atoms with Crippen molar-refractivity contribution in [2.45, 2.75) is 26.3 Å². The van der Waals surface area contributed by atoms with E-state index in [0.717, 1.165) is 24.2 Å². The van der Waals surface area contributed by atoms with Crippen molar-refractivity contribution in [1.29, 1.82) is 0 Å². The van der Waals surface area contributed by atoms with Crippen molar-refractivity contribution in [2.75, 3.05) is 27.2 Å². The Balaban J connectivity index is 1.94. The van der Waals surface area contributed by atoms with Crippen molar-refractivity contribution in [1.82, 2.24) is 9.80 Å². The van der Waals surface area contributed by atoms with Crippen molar-refractivity contribution in [3.8, 4) is 0 Å². The Morgan fingerprint density at radius 1 is 1.35 bits per heavy atom. The van der Waals surface area contributed by atoms with Crippen LogP contribution < -0.4 is 0 Å². The average Bonchev–Trinajstić information content (AvgIpc) is 2.31. The van der Waals surface area contributed by atoms with Gasteiger partial charge in [0.15, 0.2) is 0 Å². The molecule has 1 aliphatic rings. The molecule has 0 atom stereocenters. The first-order chi connectivity index (χ1) is 9.36. The third kappa shape index (κ3) is 3.37. The number of carbonyl (C=O) groups is 1. The minimum atomic E-state index is -0.173. The molecular formula is C16H23FN2O. The van der Waals surface area contributed by atoms with Gasteiger partial charge < -0.3 is 4.90 Å². The predicted molar refractivity (Wildman–Crippen MR) is 78.0 cm³/mol. The molecule has 4 heteroatoms. The van der Waals surface area contributed by atoms with Crippen molar-refractivity contribution in [3.63, 3.8) is 0 Å². The summed E-state index contributed by atoms with van der Waals surface area (Å²) < 4.78 is 13.6. The molecule has 2 rings (SSSR count). The molecule has 1 aromatic carbocycles. The zero-order valence-electron chi connectivity index (χ0n) is 12.7. The van der Waals surface area contributed by atoms with E-state index in [1.54, 1.807) is 31.1 Å². The molecule has 0 N–H and O–H groups in total. The first kappa shape index (κ1) is 15.0.